The van der Waals surface area contributed by atoms with Gasteiger partial charge in [-0.2, -0.15) is 74.0 Å². The summed E-state index contributed by atoms with van der Waals surface area (Å²) in [5, 5.41) is 19.9. The first-order chi connectivity index (χ1) is 51.6. The molecule has 0 amide bonds. The summed E-state index contributed by atoms with van der Waals surface area (Å²) in [4.78, 5) is 19.4. The minimum absolute atomic E-state index is 0. The molecule has 0 spiro atoms. The Morgan fingerprint density at radius 1 is 0.306 bits per heavy atom. The van der Waals surface area contributed by atoms with Crippen LogP contribution in [0.3, 0.4) is 0 Å². The van der Waals surface area contributed by atoms with Gasteiger partial charge in [-0.25, -0.2) is 0 Å². The topological polar surface area (TPSA) is 48.6 Å². The molecule has 0 atom stereocenters. The summed E-state index contributed by atoms with van der Waals surface area (Å²) in [5.41, 5.74) is 19.4. The van der Waals surface area contributed by atoms with Gasteiger partial charge in [-0.1, -0.05) is 199 Å². The number of aryl methyl sites for hydroxylation is 2. The van der Waals surface area contributed by atoms with E-state index in [1.165, 1.54) is 143 Å². The molecule has 534 valence electrons. The zero-order valence-corrected chi connectivity index (χ0v) is 67.7. The Morgan fingerprint density at radius 3 is 1.24 bits per heavy atom. The van der Waals surface area contributed by atoms with E-state index >= 15 is 0 Å². The second-order valence-electron chi connectivity index (χ2n) is 29.6. The number of hydrogen-bond donors (Lipinski definition) is 0. The second-order valence-corrected chi connectivity index (χ2v) is 29.6. The monoisotopic (exact) mass is 1760 g/mol. The predicted molar refractivity (Wildman–Crippen MR) is 451 cm³/mol. The van der Waals surface area contributed by atoms with Crippen LogP contribution in [0.4, 0.5) is 34.1 Å². The summed E-state index contributed by atoms with van der Waals surface area (Å²) >= 11 is 0. The zero-order chi connectivity index (χ0) is 72.8. The SMILES string of the molecule is CC(C)c1cccc(C(C)C)c1-c1nc2c3[c-]ccc4ccc5c6ccccc6cc(c5c43)c2n1C.CC(C)c1cccc(C(C)C)c1-c1nc2c3[c-]cccc3c3cc4cc5ccccc5cc4cc3c2n1C.CN1[CH-]N(c2[c-]cccc2)c2ccccc21.CN1[CH-]N(c2[c-]cccc2)c2ccccc21.[Ir+3].[Ir+3]. The number of rotatable bonds is 8. The van der Waals surface area contributed by atoms with Crippen LogP contribution in [-0.2, 0) is 54.3 Å². The van der Waals surface area contributed by atoms with Crippen molar-refractivity contribution < 1.29 is 40.2 Å². The molecule has 0 fully saturated rings. The summed E-state index contributed by atoms with van der Waals surface area (Å²) in [7, 11) is 8.49. The normalized spacial score (nSPS) is 12.7. The van der Waals surface area contributed by atoms with Gasteiger partial charge in [-0.15, -0.1) is 70.0 Å². The van der Waals surface area contributed by atoms with Gasteiger partial charge >= 0.3 is 40.2 Å². The molecule has 2 aliphatic heterocycles. The molecule has 16 aromatic carbocycles. The van der Waals surface area contributed by atoms with E-state index in [0.717, 1.165) is 44.8 Å². The Labute approximate surface area is 660 Å². The van der Waals surface area contributed by atoms with E-state index in [0.29, 0.717) is 23.7 Å². The van der Waals surface area contributed by atoms with Gasteiger partial charge in [-0.05, 0) is 162 Å². The maximum atomic E-state index is 5.43. The number of nitrogens with zero attached hydrogens (tertiary/aromatic N) is 8. The van der Waals surface area contributed by atoms with Gasteiger partial charge in [0.2, 0.25) is 0 Å². The van der Waals surface area contributed by atoms with Crippen LogP contribution in [-0.4, -0.2) is 33.2 Å². The largest absolute Gasteiger partial charge is 3.00 e. The van der Waals surface area contributed by atoms with Gasteiger partial charge in [0.1, 0.15) is 11.6 Å². The Bertz CT molecular complexity index is 6250. The fourth-order valence-corrected chi connectivity index (χ4v) is 16.6. The van der Waals surface area contributed by atoms with Crippen molar-refractivity contribution in [3.05, 3.63) is 315 Å². The molecule has 2 aliphatic rings. The Kier molecular flexibility index (Phi) is 20.1. The fraction of sp³-hybridized carbons (Fsp3) is 0.163. The Balaban J connectivity index is 0.000000122. The van der Waals surface area contributed by atoms with Crippen LogP contribution in [0.1, 0.15) is 101 Å². The van der Waals surface area contributed by atoms with Gasteiger partial charge in [-0.3, -0.25) is 9.97 Å². The van der Waals surface area contributed by atoms with Crippen LogP contribution in [0, 0.1) is 37.6 Å². The minimum Gasteiger partial charge on any atom is -0.504 e. The Hall–Kier alpha value is -10.7. The predicted octanol–water partition coefficient (Wildman–Crippen LogP) is 25.6. The van der Waals surface area contributed by atoms with E-state index in [-0.39, 0.29) is 40.2 Å². The van der Waals surface area contributed by atoms with Gasteiger partial charge in [0.25, 0.3) is 0 Å². The molecule has 0 saturated heterocycles. The molecule has 0 unspecified atom stereocenters. The number of aromatic nitrogens is 4. The summed E-state index contributed by atoms with van der Waals surface area (Å²) in [6.45, 7) is 22.4. The third-order valence-electron chi connectivity index (χ3n) is 21.7. The van der Waals surface area contributed by atoms with Crippen molar-refractivity contribution in [2.45, 2.75) is 79.1 Å². The summed E-state index contributed by atoms with van der Waals surface area (Å²) < 4.78 is 4.67. The molecule has 2 aromatic heterocycles. The van der Waals surface area contributed by atoms with E-state index in [2.05, 4.69) is 362 Å². The number of fused-ring (bicyclic) bond motifs is 15. The van der Waals surface area contributed by atoms with Gasteiger partial charge in [0, 0.05) is 70.0 Å². The van der Waals surface area contributed by atoms with E-state index in [4.69, 9.17) is 9.97 Å². The number of anilines is 6. The van der Waals surface area contributed by atoms with Crippen LogP contribution in [0.15, 0.2) is 255 Å². The first-order valence-electron chi connectivity index (χ1n) is 37.1. The molecule has 4 heterocycles. The number of benzene rings is 16. The van der Waals surface area contributed by atoms with Crippen LogP contribution in [0.25, 0.3) is 131 Å². The van der Waals surface area contributed by atoms with Gasteiger partial charge < -0.3 is 28.7 Å². The number of imidazole rings is 2. The second kappa shape index (κ2) is 29.8. The molecule has 18 aromatic rings. The quantitative estimate of drug-likeness (QED) is 0.0858. The van der Waals surface area contributed by atoms with Crippen molar-refractivity contribution in [3.8, 4) is 22.8 Å². The third-order valence-corrected chi connectivity index (χ3v) is 21.7. The van der Waals surface area contributed by atoms with E-state index < -0.39 is 0 Å². The summed E-state index contributed by atoms with van der Waals surface area (Å²) in [6, 6.07) is 104. The first-order valence-corrected chi connectivity index (χ1v) is 37.1. The fourth-order valence-electron chi connectivity index (χ4n) is 16.6. The molecule has 20 rings (SSSR count). The minimum atomic E-state index is 0. The summed E-state index contributed by atoms with van der Waals surface area (Å²) in [6.07, 6.45) is 0. The van der Waals surface area contributed by atoms with Crippen LogP contribution in [0.5, 0.6) is 0 Å². The van der Waals surface area contributed by atoms with Crippen molar-refractivity contribution in [1.82, 2.24) is 19.1 Å². The van der Waals surface area contributed by atoms with E-state index in [1.807, 2.05) is 42.5 Å². The van der Waals surface area contributed by atoms with Crippen LogP contribution < -0.4 is 19.6 Å². The average Bonchev–Trinajstić information content (AvgIpc) is 1.39. The molecule has 8 nitrogen and oxygen atoms in total. The van der Waals surface area contributed by atoms with Gasteiger partial charge in [0.05, 0.1) is 0 Å². The first kappa shape index (κ1) is 72.8. The number of para-hydroxylation sites is 6. The molecule has 108 heavy (non-hydrogen) atoms. The van der Waals surface area contributed by atoms with Crippen molar-refractivity contribution >= 4 is 142 Å². The molecular weight excluding hydrogens is 1670 g/mol. The maximum absolute atomic E-state index is 5.43. The number of hydrogen-bond acceptors (Lipinski definition) is 6. The molecule has 0 radical (unpaired) electrons. The van der Waals surface area contributed by atoms with Crippen molar-refractivity contribution in [1.29, 1.82) is 0 Å². The standard InChI is InChI=1S/C36H31N2.C34H29N2.2C14H12N2.2Ir/c1-21(2)27-15-10-16-28(22(3)4)33(27)36-37-34-30-14-9-8-13-29(30)31-19-25-17-23-11-6-7-12-24(23)18-26(25)20-32(31)35(34)38(36)5;1-19(2)23-13-9-14-24(20(3)4)31(23)34-35-32-27-15-8-11-21-16-17-26-25-12-7-6-10-22(25)18-28(30(26)29(21)27)33(32)36(34)5;2*1-15-11-16(12-7-3-2-4-8-12)14-10-6-5-9-13(14)15;;/h6-13,15-22H,1-5H3;6-14,16-20H,1-5H3;2*2-7,9-11H,1H3;;/q2*-1;2*-2;2*+3. The maximum Gasteiger partial charge on any atom is 3.00 e. The van der Waals surface area contributed by atoms with Gasteiger partial charge in [0.15, 0.2) is 0 Å². The smallest absolute Gasteiger partial charge is 0.504 e. The molecule has 0 saturated carbocycles. The van der Waals surface area contributed by atoms with E-state index in [9.17, 15) is 0 Å². The van der Waals surface area contributed by atoms with Crippen LogP contribution >= 0.6 is 0 Å². The summed E-state index contributed by atoms with van der Waals surface area (Å²) in [5.74, 6) is 3.71. The zero-order valence-electron chi connectivity index (χ0n) is 63.0. The van der Waals surface area contributed by atoms with Crippen molar-refractivity contribution in [2.24, 2.45) is 14.1 Å². The van der Waals surface area contributed by atoms with Crippen LogP contribution in [0.2, 0.25) is 0 Å². The van der Waals surface area contributed by atoms with E-state index in [1.54, 1.807) is 0 Å². The Morgan fingerprint density at radius 2 is 0.731 bits per heavy atom. The molecule has 10 heteroatoms. The molecule has 0 bridgehead atoms. The van der Waals surface area contributed by atoms with Crippen molar-refractivity contribution in [2.75, 3.05) is 33.7 Å². The third kappa shape index (κ3) is 12.6. The molecule has 0 aliphatic carbocycles. The van der Waals surface area contributed by atoms with Crippen molar-refractivity contribution in [3.63, 3.8) is 0 Å². The molecular formula is C98H84Ir2N8. The average molecular weight is 1760 g/mol. The molecule has 0 N–H and O–H groups in total.